The fourth-order valence-corrected chi connectivity index (χ4v) is 2.61. The molecule has 0 bridgehead atoms. The van der Waals surface area contributed by atoms with Crippen LogP contribution in [0.2, 0.25) is 0 Å². The number of amides is 1. The summed E-state index contributed by atoms with van der Waals surface area (Å²) in [5, 5.41) is 3.90. The minimum absolute atomic E-state index is 0.213. The molecule has 0 unspecified atom stereocenters. The molecule has 154 valence electrons. The van der Waals surface area contributed by atoms with Crippen LogP contribution in [-0.2, 0) is 14.3 Å². The zero-order valence-electron chi connectivity index (χ0n) is 16.0. The number of rotatable bonds is 10. The van der Waals surface area contributed by atoms with Crippen LogP contribution in [-0.4, -0.2) is 45.0 Å². The Kier molecular flexibility index (Phi) is 8.97. The number of ether oxygens (including phenoxy) is 4. The number of hydrazone groups is 1. The maximum absolute atomic E-state index is 11.9. The van der Waals surface area contributed by atoms with Crippen LogP contribution in [0.3, 0.4) is 0 Å². The molecule has 1 amide bonds. The molecule has 0 saturated carbocycles. The van der Waals surface area contributed by atoms with Crippen molar-refractivity contribution in [3.05, 3.63) is 52.5 Å². The second-order valence-electron chi connectivity index (χ2n) is 5.51. The highest BCUT2D eigenvalue weighted by atomic mass is 79.9. The number of halogens is 1. The van der Waals surface area contributed by atoms with Gasteiger partial charge in [-0.2, -0.15) is 5.10 Å². The summed E-state index contributed by atoms with van der Waals surface area (Å²) >= 11 is 3.35. The molecular formula is C20H21BrN2O6. The van der Waals surface area contributed by atoms with Gasteiger partial charge in [-0.15, -0.1) is 0 Å². The molecule has 1 N–H and O–H groups in total. The van der Waals surface area contributed by atoms with Gasteiger partial charge in [0.05, 0.1) is 24.4 Å². The van der Waals surface area contributed by atoms with E-state index in [4.69, 9.17) is 18.9 Å². The summed E-state index contributed by atoms with van der Waals surface area (Å²) in [4.78, 5) is 23.3. The Morgan fingerprint density at radius 2 is 1.86 bits per heavy atom. The Hall–Kier alpha value is -3.07. The van der Waals surface area contributed by atoms with Gasteiger partial charge in [0, 0.05) is 5.56 Å². The van der Waals surface area contributed by atoms with Gasteiger partial charge >= 0.3 is 5.97 Å². The maximum atomic E-state index is 11.9. The lowest BCUT2D eigenvalue weighted by Crippen LogP contribution is -2.24. The molecule has 29 heavy (non-hydrogen) atoms. The highest BCUT2D eigenvalue weighted by Gasteiger charge is 2.08. The summed E-state index contributed by atoms with van der Waals surface area (Å²) in [5.74, 6) is 0.713. The van der Waals surface area contributed by atoms with Crippen molar-refractivity contribution in [2.24, 2.45) is 5.10 Å². The van der Waals surface area contributed by atoms with E-state index in [0.29, 0.717) is 27.3 Å². The van der Waals surface area contributed by atoms with Gasteiger partial charge in [0.2, 0.25) is 0 Å². The van der Waals surface area contributed by atoms with Gasteiger partial charge in [-0.25, -0.2) is 10.2 Å². The first-order chi connectivity index (χ1) is 14.0. The average Bonchev–Trinajstić information content (AvgIpc) is 2.72. The molecular weight excluding hydrogens is 444 g/mol. The largest absolute Gasteiger partial charge is 0.497 e. The number of carbonyl (C=O) groups excluding carboxylic acids is 2. The number of esters is 1. The second kappa shape index (κ2) is 11.7. The third kappa shape index (κ3) is 7.46. The van der Waals surface area contributed by atoms with Gasteiger partial charge in [0.25, 0.3) is 5.91 Å². The van der Waals surface area contributed by atoms with Crippen molar-refractivity contribution in [1.82, 2.24) is 5.43 Å². The van der Waals surface area contributed by atoms with Crippen molar-refractivity contribution in [2.45, 2.75) is 6.92 Å². The number of benzene rings is 2. The molecule has 0 aliphatic carbocycles. The Morgan fingerprint density at radius 3 is 2.59 bits per heavy atom. The van der Waals surface area contributed by atoms with E-state index in [-0.39, 0.29) is 19.8 Å². The summed E-state index contributed by atoms with van der Waals surface area (Å²) in [5.41, 5.74) is 2.97. The second-order valence-corrected chi connectivity index (χ2v) is 6.36. The van der Waals surface area contributed by atoms with Gasteiger partial charge in [-0.3, -0.25) is 4.79 Å². The number of carbonyl (C=O) groups is 2. The van der Waals surface area contributed by atoms with Crippen molar-refractivity contribution in [3.8, 4) is 17.2 Å². The van der Waals surface area contributed by atoms with Crippen molar-refractivity contribution >= 4 is 34.0 Å². The number of hydrogen-bond acceptors (Lipinski definition) is 7. The van der Waals surface area contributed by atoms with Gasteiger partial charge < -0.3 is 18.9 Å². The quantitative estimate of drug-likeness (QED) is 0.330. The number of methoxy groups -OCH3 is 1. The van der Waals surface area contributed by atoms with Crippen LogP contribution in [0.1, 0.15) is 12.5 Å². The average molecular weight is 465 g/mol. The van der Waals surface area contributed by atoms with E-state index in [1.165, 1.54) is 6.21 Å². The number of nitrogens with one attached hydrogen (secondary N) is 1. The van der Waals surface area contributed by atoms with Gasteiger partial charge in [0.15, 0.2) is 13.2 Å². The van der Waals surface area contributed by atoms with Gasteiger partial charge in [0.1, 0.15) is 17.2 Å². The van der Waals surface area contributed by atoms with E-state index in [2.05, 4.69) is 26.5 Å². The monoisotopic (exact) mass is 464 g/mol. The predicted octanol–water partition coefficient (Wildman–Crippen LogP) is 2.93. The van der Waals surface area contributed by atoms with E-state index in [1.54, 1.807) is 56.5 Å². The first-order valence-electron chi connectivity index (χ1n) is 8.69. The number of nitrogens with zero attached hydrogens (tertiary/aromatic N) is 1. The third-order valence-corrected chi connectivity index (χ3v) is 4.08. The van der Waals surface area contributed by atoms with Crippen molar-refractivity contribution in [2.75, 3.05) is 26.9 Å². The van der Waals surface area contributed by atoms with E-state index < -0.39 is 11.9 Å². The van der Waals surface area contributed by atoms with Crippen LogP contribution in [0.4, 0.5) is 0 Å². The zero-order chi connectivity index (χ0) is 21.1. The Balaban J connectivity index is 1.86. The Labute approximate surface area is 176 Å². The van der Waals surface area contributed by atoms with Crippen LogP contribution in [0.5, 0.6) is 17.2 Å². The van der Waals surface area contributed by atoms with Crippen LogP contribution in [0.15, 0.2) is 52.0 Å². The highest BCUT2D eigenvalue weighted by molar-refractivity contribution is 9.10. The highest BCUT2D eigenvalue weighted by Crippen LogP contribution is 2.28. The van der Waals surface area contributed by atoms with E-state index >= 15 is 0 Å². The molecule has 8 nitrogen and oxygen atoms in total. The Morgan fingerprint density at radius 1 is 1.10 bits per heavy atom. The first kappa shape index (κ1) is 22.2. The van der Waals surface area contributed by atoms with Gasteiger partial charge in [-0.05, 0) is 53.2 Å². The molecule has 0 aromatic heterocycles. The molecule has 0 radical (unpaired) electrons. The third-order valence-electron chi connectivity index (χ3n) is 3.46. The summed E-state index contributed by atoms with van der Waals surface area (Å²) < 4.78 is 21.5. The first-order valence-corrected chi connectivity index (χ1v) is 9.48. The minimum Gasteiger partial charge on any atom is -0.497 e. The molecule has 0 spiro atoms. The number of para-hydroxylation sites is 1. The van der Waals surface area contributed by atoms with Crippen LogP contribution < -0.4 is 19.6 Å². The summed E-state index contributed by atoms with van der Waals surface area (Å²) in [7, 11) is 1.56. The smallest absolute Gasteiger partial charge is 0.344 e. The topological polar surface area (TPSA) is 95.5 Å². The zero-order valence-corrected chi connectivity index (χ0v) is 17.6. The van der Waals surface area contributed by atoms with Crippen molar-refractivity contribution < 1.29 is 28.5 Å². The molecule has 0 atom stereocenters. The van der Waals surface area contributed by atoms with Crippen molar-refractivity contribution in [3.63, 3.8) is 0 Å². The summed E-state index contributed by atoms with van der Waals surface area (Å²) in [6.45, 7) is 1.57. The summed E-state index contributed by atoms with van der Waals surface area (Å²) in [6, 6.07) is 12.1. The fraction of sp³-hybridized carbons (Fsp3) is 0.250. The van der Waals surface area contributed by atoms with Crippen LogP contribution in [0.25, 0.3) is 0 Å². The molecule has 0 aliphatic rings. The van der Waals surface area contributed by atoms with E-state index in [0.717, 1.165) is 0 Å². The molecule has 0 heterocycles. The Bertz CT molecular complexity index is 872. The maximum Gasteiger partial charge on any atom is 0.344 e. The lowest BCUT2D eigenvalue weighted by atomic mass is 10.2. The lowest BCUT2D eigenvalue weighted by Gasteiger charge is -2.09. The standard InChI is InChI=1S/C20H21BrN2O6/c1-3-27-20(25)13-29-17-7-5-4-6-14(17)11-22-23-19(24)12-28-18-9-8-15(26-2)10-16(18)21/h4-11H,3,12-13H2,1-2H3,(H,23,24)/b22-11+. The van der Waals surface area contributed by atoms with Crippen LogP contribution in [0, 0.1) is 0 Å². The van der Waals surface area contributed by atoms with Crippen molar-refractivity contribution in [1.29, 1.82) is 0 Å². The minimum atomic E-state index is -0.464. The van der Waals surface area contributed by atoms with E-state index in [1.807, 2.05) is 0 Å². The fourth-order valence-electron chi connectivity index (χ4n) is 2.13. The normalized spacial score (nSPS) is 10.4. The molecule has 2 aromatic rings. The SMILES string of the molecule is CCOC(=O)COc1ccccc1/C=N/NC(=O)COc1ccc(OC)cc1Br. The molecule has 0 saturated heterocycles. The molecule has 0 aliphatic heterocycles. The lowest BCUT2D eigenvalue weighted by molar-refractivity contribution is -0.145. The predicted molar refractivity (Wildman–Crippen MR) is 110 cm³/mol. The van der Waals surface area contributed by atoms with Gasteiger partial charge in [-0.1, -0.05) is 12.1 Å². The molecule has 9 heteroatoms. The molecule has 2 aromatic carbocycles. The van der Waals surface area contributed by atoms with Crippen LogP contribution >= 0.6 is 15.9 Å². The summed E-state index contributed by atoms with van der Waals surface area (Å²) in [6.07, 6.45) is 1.42. The molecule has 0 fully saturated rings. The number of hydrogen-bond donors (Lipinski definition) is 1. The molecule has 2 rings (SSSR count). The van der Waals surface area contributed by atoms with E-state index in [9.17, 15) is 9.59 Å².